The number of benzene rings is 4. The van der Waals surface area contributed by atoms with E-state index in [1.165, 1.54) is 5.56 Å². The number of carbonyl (C=O) groups is 2. The number of anilines is 2. The molecule has 0 radical (unpaired) electrons. The predicted octanol–water partition coefficient (Wildman–Crippen LogP) is 8.22. The van der Waals surface area contributed by atoms with Crippen LogP contribution in [0.5, 0.6) is 11.5 Å². The van der Waals surface area contributed by atoms with Gasteiger partial charge in [-0.25, -0.2) is 0 Å². The number of carbonyl (C=O) groups excluding carboxylic acids is 2. The lowest BCUT2D eigenvalue weighted by molar-refractivity contribution is -0.116. The molecule has 2 aliphatic rings. The van der Waals surface area contributed by atoms with E-state index in [1.807, 2.05) is 72.8 Å². The largest absolute Gasteiger partial charge is 0.493 e. The SMILES string of the molecule is COc1ccc([C@H]2C3=C(C[C@H](c4ccc(C(C)(C)C)cc4)CC3=O)Nc3ccccc3N2C(=O)c2ccccc2)cc1OC. The van der Waals surface area contributed by atoms with E-state index in [4.69, 9.17) is 9.47 Å². The Labute approximate surface area is 259 Å². The van der Waals surface area contributed by atoms with Crippen molar-refractivity contribution in [2.24, 2.45) is 0 Å². The number of para-hydroxylation sites is 2. The van der Waals surface area contributed by atoms with Gasteiger partial charge >= 0.3 is 0 Å². The van der Waals surface area contributed by atoms with Crippen molar-refractivity contribution < 1.29 is 19.1 Å². The number of hydrogen-bond donors (Lipinski definition) is 1. The highest BCUT2D eigenvalue weighted by Gasteiger charge is 2.42. The Bertz CT molecular complexity index is 1740. The van der Waals surface area contributed by atoms with Crippen molar-refractivity contribution in [3.05, 3.63) is 131 Å². The van der Waals surface area contributed by atoms with E-state index in [9.17, 15) is 9.59 Å². The number of fused-ring (bicyclic) bond motifs is 1. The van der Waals surface area contributed by atoms with Crippen LogP contribution in [-0.4, -0.2) is 25.9 Å². The summed E-state index contributed by atoms with van der Waals surface area (Å²) >= 11 is 0. The zero-order valence-electron chi connectivity index (χ0n) is 25.9. The second-order valence-electron chi connectivity index (χ2n) is 12.5. The first-order valence-electron chi connectivity index (χ1n) is 15.0. The zero-order valence-corrected chi connectivity index (χ0v) is 25.9. The molecule has 0 saturated carbocycles. The smallest absolute Gasteiger partial charge is 0.259 e. The summed E-state index contributed by atoms with van der Waals surface area (Å²) in [5.41, 5.74) is 6.66. The molecular formula is C38H38N2O4. The van der Waals surface area contributed by atoms with Gasteiger partial charge in [-0.2, -0.15) is 0 Å². The van der Waals surface area contributed by atoms with Crippen LogP contribution in [0.25, 0.3) is 0 Å². The summed E-state index contributed by atoms with van der Waals surface area (Å²) in [6.07, 6.45) is 0.990. The highest BCUT2D eigenvalue weighted by Crippen LogP contribution is 2.49. The standard InChI is InChI=1S/C38H38N2O4/c1-38(2,3)28-18-15-24(16-19-28)27-21-30-35(32(41)22-27)36(26-17-20-33(43-4)34(23-26)44-5)40(31-14-10-9-13-29(31)39-30)37(42)25-11-7-6-8-12-25/h6-20,23,27,36,39H,21-22H2,1-5H3/t27-,36-/m0/s1. The quantitative estimate of drug-likeness (QED) is 0.255. The van der Waals surface area contributed by atoms with Crippen molar-refractivity contribution in [3.8, 4) is 11.5 Å². The van der Waals surface area contributed by atoms with Crippen LogP contribution in [0, 0.1) is 0 Å². The second kappa shape index (κ2) is 11.7. The molecule has 0 aromatic heterocycles. The van der Waals surface area contributed by atoms with Crippen molar-refractivity contribution in [1.29, 1.82) is 0 Å². The zero-order chi connectivity index (χ0) is 31.0. The fourth-order valence-corrected chi connectivity index (χ4v) is 6.36. The van der Waals surface area contributed by atoms with Gasteiger partial charge in [0, 0.05) is 23.3 Å². The van der Waals surface area contributed by atoms with Gasteiger partial charge in [-0.05, 0) is 70.8 Å². The summed E-state index contributed by atoms with van der Waals surface area (Å²) in [6.45, 7) is 6.60. The van der Waals surface area contributed by atoms with E-state index in [0.29, 0.717) is 41.2 Å². The highest BCUT2D eigenvalue weighted by molar-refractivity contribution is 6.12. The number of Topliss-reactive ketones (excluding diaryl/α,β-unsaturated/α-hetero) is 1. The van der Waals surface area contributed by atoms with E-state index in [0.717, 1.165) is 22.5 Å². The van der Waals surface area contributed by atoms with E-state index in [1.54, 1.807) is 19.1 Å². The molecule has 4 aromatic carbocycles. The fourth-order valence-electron chi connectivity index (χ4n) is 6.36. The maximum Gasteiger partial charge on any atom is 0.259 e. The molecule has 6 nitrogen and oxygen atoms in total. The summed E-state index contributed by atoms with van der Waals surface area (Å²) < 4.78 is 11.2. The Morgan fingerprint density at radius 3 is 2.14 bits per heavy atom. The minimum Gasteiger partial charge on any atom is -0.493 e. The van der Waals surface area contributed by atoms with E-state index in [-0.39, 0.29) is 23.0 Å². The van der Waals surface area contributed by atoms with Crippen LogP contribution < -0.4 is 19.7 Å². The molecule has 1 N–H and O–H groups in total. The van der Waals surface area contributed by atoms with Crippen LogP contribution >= 0.6 is 0 Å². The molecule has 6 rings (SSSR count). The topological polar surface area (TPSA) is 67.9 Å². The average molecular weight is 587 g/mol. The normalized spacial score (nSPS) is 18.1. The van der Waals surface area contributed by atoms with Gasteiger partial charge in [0.05, 0.1) is 31.6 Å². The molecule has 44 heavy (non-hydrogen) atoms. The van der Waals surface area contributed by atoms with Crippen molar-refractivity contribution in [1.82, 2.24) is 0 Å². The fraction of sp³-hybridized carbons (Fsp3) is 0.263. The first-order chi connectivity index (χ1) is 21.2. The van der Waals surface area contributed by atoms with Gasteiger partial charge < -0.3 is 14.8 Å². The third-order valence-electron chi connectivity index (χ3n) is 8.70. The maximum absolute atomic E-state index is 14.5. The second-order valence-corrected chi connectivity index (χ2v) is 12.5. The van der Waals surface area contributed by atoms with Crippen LogP contribution in [0.1, 0.15) is 72.6 Å². The van der Waals surface area contributed by atoms with Crippen LogP contribution in [0.2, 0.25) is 0 Å². The lowest BCUT2D eigenvalue weighted by Crippen LogP contribution is -2.38. The first kappa shape index (κ1) is 29.2. The lowest BCUT2D eigenvalue weighted by atomic mass is 9.77. The van der Waals surface area contributed by atoms with Crippen LogP contribution in [-0.2, 0) is 10.2 Å². The molecule has 0 bridgehead atoms. The Kier molecular flexibility index (Phi) is 7.76. The molecule has 0 saturated heterocycles. The van der Waals surface area contributed by atoms with Crippen molar-refractivity contribution in [3.63, 3.8) is 0 Å². The molecule has 4 aromatic rings. The maximum atomic E-state index is 14.5. The van der Waals surface area contributed by atoms with Gasteiger partial charge in [-0.1, -0.05) is 81.4 Å². The molecule has 1 aliphatic carbocycles. The molecule has 0 fully saturated rings. The number of ketones is 1. The Hall–Kier alpha value is -4.84. The number of ether oxygens (including phenoxy) is 2. The third kappa shape index (κ3) is 5.37. The molecule has 0 spiro atoms. The van der Waals surface area contributed by atoms with E-state index < -0.39 is 6.04 Å². The number of allylic oxidation sites excluding steroid dienone is 1. The number of rotatable bonds is 5. The number of amides is 1. The van der Waals surface area contributed by atoms with Gasteiger partial charge in [-0.15, -0.1) is 0 Å². The Morgan fingerprint density at radius 2 is 1.45 bits per heavy atom. The molecule has 224 valence electrons. The summed E-state index contributed by atoms with van der Waals surface area (Å²) in [5.74, 6) is 0.942. The van der Waals surface area contributed by atoms with Crippen molar-refractivity contribution >= 4 is 23.1 Å². The molecule has 2 atom stereocenters. The summed E-state index contributed by atoms with van der Waals surface area (Å²) in [4.78, 5) is 30.6. The van der Waals surface area contributed by atoms with Gasteiger partial charge in [0.2, 0.25) is 0 Å². The summed E-state index contributed by atoms with van der Waals surface area (Å²) in [7, 11) is 3.18. The predicted molar refractivity (Wildman–Crippen MR) is 175 cm³/mol. The number of nitrogens with zero attached hydrogens (tertiary/aromatic N) is 1. The van der Waals surface area contributed by atoms with Gasteiger partial charge in [0.25, 0.3) is 5.91 Å². The summed E-state index contributed by atoms with van der Waals surface area (Å²) in [5, 5.41) is 3.62. The average Bonchev–Trinajstić information content (AvgIpc) is 3.19. The van der Waals surface area contributed by atoms with Crippen molar-refractivity contribution in [2.45, 2.75) is 51.0 Å². The van der Waals surface area contributed by atoms with E-state index >= 15 is 0 Å². The molecule has 0 unspecified atom stereocenters. The van der Waals surface area contributed by atoms with Gasteiger partial charge in [-0.3, -0.25) is 14.5 Å². The van der Waals surface area contributed by atoms with Crippen LogP contribution in [0.4, 0.5) is 11.4 Å². The van der Waals surface area contributed by atoms with Crippen molar-refractivity contribution in [2.75, 3.05) is 24.4 Å². The Balaban J connectivity index is 1.53. The number of methoxy groups -OCH3 is 2. The number of nitrogens with one attached hydrogen (secondary N) is 1. The molecule has 1 amide bonds. The third-order valence-corrected chi connectivity index (χ3v) is 8.70. The van der Waals surface area contributed by atoms with Gasteiger partial charge in [0.15, 0.2) is 17.3 Å². The molecule has 1 aliphatic heterocycles. The first-order valence-corrected chi connectivity index (χ1v) is 15.0. The van der Waals surface area contributed by atoms with Crippen LogP contribution in [0.15, 0.2) is 108 Å². The highest BCUT2D eigenvalue weighted by atomic mass is 16.5. The summed E-state index contributed by atoms with van der Waals surface area (Å²) in [6, 6.07) is 30.6. The van der Waals surface area contributed by atoms with E-state index in [2.05, 4.69) is 50.4 Å². The number of hydrogen-bond acceptors (Lipinski definition) is 5. The molecule has 1 heterocycles. The molecular weight excluding hydrogens is 548 g/mol. The van der Waals surface area contributed by atoms with Crippen LogP contribution in [0.3, 0.4) is 0 Å². The minimum atomic E-state index is -0.689. The van der Waals surface area contributed by atoms with Gasteiger partial charge in [0.1, 0.15) is 0 Å². The Morgan fingerprint density at radius 1 is 0.795 bits per heavy atom. The molecule has 6 heteroatoms. The lowest BCUT2D eigenvalue weighted by Gasteiger charge is -2.35. The monoisotopic (exact) mass is 586 g/mol. The minimum absolute atomic E-state index is 0.0114.